The largest absolute Gasteiger partial charge is 0.495 e. The van der Waals surface area contributed by atoms with Crippen molar-refractivity contribution in [2.24, 2.45) is 0 Å². The first-order valence-electron chi connectivity index (χ1n) is 5.76. The van der Waals surface area contributed by atoms with Crippen LogP contribution in [0.2, 0.25) is 10.3 Å². The molecule has 0 aliphatic carbocycles. The summed E-state index contributed by atoms with van der Waals surface area (Å²) in [5, 5.41) is 11.8. The number of hydrogen-bond acceptors (Lipinski definition) is 4. The summed E-state index contributed by atoms with van der Waals surface area (Å²) in [7, 11) is 1.45. The minimum atomic E-state index is -0.413. The number of amides is 1. The maximum atomic E-state index is 12.2. The number of rotatable bonds is 3. The van der Waals surface area contributed by atoms with Crippen LogP contribution in [0.3, 0.4) is 0 Å². The standard InChI is InChI=1S/C14H9Cl2N3O2/c1-21-11-4-8(7-17)2-3-10(11)18-14(20)9-5-12(15)19-13(16)6-9/h2-6H,1H3,(H,18,20). The first-order valence-corrected chi connectivity index (χ1v) is 6.51. The molecule has 2 rings (SSSR count). The van der Waals surface area contributed by atoms with Gasteiger partial charge in [0.25, 0.3) is 5.91 Å². The van der Waals surface area contributed by atoms with E-state index >= 15 is 0 Å². The Morgan fingerprint density at radius 2 is 1.95 bits per heavy atom. The SMILES string of the molecule is COc1cc(C#N)ccc1NC(=O)c1cc(Cl)nc(Cl)c1. The van der Waals surface area contributed by atoms with Gasteiger partial charge in [0.1, 0.15) is 16.1 Å². The molecule has 106 valence electrons. The van der Waals surface area contributed by atoms with Gasteiger partial charge in [-0.25, -0.2) is 4.98 Å². The highest BCUT2D eigenvalue weighted by Gasteiger charge is 2.12. The molecule has 7 heteroatoms. The van der Waals surface area contributed by atoms with Gasteiger partial charge in [-0.2, -0.15) is 5.26 Å². The summed E-state index contributed by atoms with van der Waals surface area (Å²) >= 11 is 11.5. The molecule has 5 nitrogen and oxygen atoms in total. The average Bonchev–Trinajstić information content (AvgIpc) is 2.46. The number of nitriles is 1. The topological polar surface area (TPSA) is 75.0 Å². The van der Waals surface area contributed by atoms with Gasteiger partial charge in [0.05, 0.1) is 24.4 Å². The third-order valence-corrected chi connectivity index (χ3v) is 2.99. The Balaban J connectivity index is 2.29. The Bertz CT molecular complexity index is 721. The van der Waals surface area contributed by atoms with Gasteiger partial charge in [0.2, 0.25) is 0 Å². The lowest BCUT2D eigenvalue weighted by atomic mass is 10.2. The van der Waals surface area contributed by atoms with Crippen molar-refractivity contribution in [2.45, 2.75) is 0 Å². The molecule has 0 unspecified atom stereocenters. The van der Waals surface area contributed by atoms with Crippen molar-refractivity contribution < 1.29 is 9.53 Å². The molecular formula is C14H9Cl2N3O2. The highest BCUT2D eigenvalue weighted by molar-refractivity contribution is 6.33. The van der Waals surface area contributed by atoms with Gasteiger partial charge < -0.3 is 10.1 Å². The maximum absolute atomic E-state index is 12.2. The van der Waals surface area contributed by atoms with E-state index in [2.05, 4.69) is 10.3 Å². The summed E-state index contributed by atoms with van der Waals surface area (Å²) in [6.07, 6.45) is 0. The zero-order valence-electron chi connectivity index (χ0n) is 10.9. The minimum absolute atomic E-state index is 0.124. The Hall–Kier alpha value is -2.29. The number of nitrogens with one attached hydrogen (secondary N) is 1. The zero-order valence-corrected chi connectivity index (χ0v) is 12.4. The molecule has 1 aromatic heterocycles. The van der Waals surface area contributed by atoms with Gasteiger partial charge in [0, 0.05) is 11.6 Å². The van der Waals surface area contributed by atoms with Crippen molar-refractivity contribution >= 4 is 34.8 Å². The van der Waals surface area contributed by atoms with E-state index in [4.69, 9.17) is 33.2 Å². The summed E-state index contributed by atoms with van der Waals surface area (Å²) in [6, 6.07) is 9.48. The number of anilines is 1. The summed E-state index contributed by atoms with van der Waals surface area (Å²) in [6.45, 7) is 0. The second-order valence-corrected chi connectivity index (χ2v) is 4.76. The lowest BCUT2D eigenvalue weighted by Gasteiger charge is -2.10. The van der Waals surface area contributed by atoms with E-state index in [1.807, 2.05) is 6.07 Å². The summed E-state index contributed by atoms with van der Waals surface area (Å²) < 4.78 is 5.14. The number of halogens is 2. The first-order chi connectivity index (χ1) is 10.0. The monoisotopic (exact) mass is 321 g/mol. The number of carbonyl (C=O) groups excluding carboxylic acids is 1. The van der Waals surface area contributed by atoms with E-state index < -0.39 is 5.91 Å². The average molecular weight is 322 g/mol. The number of methoxy groups -OCH3 is 1. The predicted octanol–water partition coefficient (Wildman–Crippen LogP) is 3.52. The van der Waals surface area contributed by atoms with Crippen molar-refractivity contribution in [3.05, 3.63) is 51.8 Å². The van der Waals surface area contributed by atoms with Gasteiger partial charge in [-0.3, -0.25) is 4.79 Å². The lowest BCUT2D eigenvalue weighted by Crippen LogP contribution is -2.13. The molecule has 0 aliphatic rings. The van der Waals surface area contributed by atoms with Crippen molar-refractivity contribution in [2.75, 3.05) is 12.4 Å². The van der Waals surface area contributed by atoms with Crippen LogP contribution in [-0.4, -0.2) is 18.0 Å². The van der Waals surface area contributed by atoms with Gasteiger partial charge in [-0.1, -0.05) is 23.2 Å². The Morgan fingerprint density at radius 1 is 1.29 bits per heavy atom. The second-order valence-electron chi connectivity index (χ2n) is 3.98. The van der Waals surface area contributed by atoms with Gasteiger partial charge in [0.15, 0.2) is 0 Å². The maximum Gasteiger partial charge on any atom is 0.255 e. The third kappa shape index (κ3) is 3.63. The molecule has 0 aliphatic heterocycles. The molecule has 1 amide bonds. The van der Waals surface area contributed by atoms with Gasteiger partial charge in [-0.05, 0) is 24.3 Å². The number of ether oxygens (including phenoxy) is 1. The second kappa shape index (κ2) is 6.44. The summed E-state index contributed by atoms with van der Waals surface area (Å²) in [4.78, 5) is 15.9. The fourth-order valence-electron chi connectivity index (χ4n) is 1.65. The molecule has 1 N–H and O–H groups in total. The van der Waals surface area contributed by atoms with E-state index in [9.17, 15) is 4.79 Å². The van der Waals surface area contributed by atoms with Crippen LogP contribution >= 0.6 is 23.2 Å². The molecule has 0 bridgehead atoms. The number of nitrogens with zero attached hydrogens (tertiary/aromatic N) is 2. The quantitative estimate of drug-likeness (QED) is 0.877. The molecule has 0 spiro atoms. The normalized spacial score (nSPS) is 9.81. The number of pyridine rings is 1. The van der Waals surface area contributed by atoms with Crippen LogP contribution in [-0.2, 0) is 0 Å². The summed E-state index contributed by atoms with van der Waals surface area (Å²) in [5.41, 5.74) is 1.14. The molecule has 0 fully saturated rings. The molecule has 0 atom stereocenters. The minimum Gasteiger partial charge on any atom is -0.495 e. The van der Waals surface area contributed by atoms with E-state index in [0.29, 0.717) is 17.0 Å². The van der Waals surface area contributed by atoms with Crippen LogP contribution in [0.1, 0.15) is 15.9 Å². The van der Waals surface area contributed by atoms with Crippen LogP contribution in [0.5, 0.6) is 5.75 Å². The first kappa shape index (κ1) is 15.1. The van der Waals surface area contributed by atoms with Gasteiger partial charge in [-0.15, -0.1) is 0 Å². The van der Waals surface area contributed by atoms with Crippen LogP contribution in [0, 0.1) is 11.3 Å². The van der Waals surface area contributed by atoms with Crippen molar-refractivity contribution in [1.82, 2.24) is 4.98 Å². The van der Waals surface area contributed by atoms with E-state index in [-0.39, 0.29) is 15.9 Å². The molecule has 0 radical (unpaired) electrons. The van der Waals surface area contributed by atoms with Crippen LogP contribution in [0.25, 0.3) is 0 Å². The molecule has 2 aromatic rings. The van der Waals surface area contributed by atoms with Crippen LogP contribution in [0.4, 0.5) is 5.69 Å². The van der Waals surface area contributed by atoms with E-state index in [0.717, 1.165) is 0 Å². The fraction of sp³-hybridized carbons (Fsp3) is 0.0714. The number of hydrogen-bond donors (Lipinski definition) is 1. The summed E-state index contributed by atoms with van der Waals surface area (Å²) in [5.74, 6) is -0.0298. The smallest absolute Gasteiger partial charge is 0.255 e. The van der Waals surface area contributed by atoms with E-state index in [1.54, 1.807) is 12.1 Å². The Morgan fingerprint density at radius 3 is 2.52 bits per heavy atom. The molecule has 1 aromatic carbocycles. The predicted molar refractivity (Wildman–Crippen MR) is 79.9 cm³/mol. The highest BCUT2D eigenvalue weighted by atomic mass is 35.5. The fourth-order valence-corrected chi connectivity index (χ4v) is 2.11. The molecular weight excluding hydrogens is 313 g/mol. The number of benzene rings is 1. The van der Waals surface area contributed by atoms with Crippen LogP contribution < -0.4 is 10.1 Å². The number of aromatic nitrogens is 1. The van der Waals surface area contributed by atoms with Crippen molar-refractivity contribution in [1.29, 1.82) is 5.26 Å². The van der Waals surface area contributed by atoms with Crippen LogP contribution in [0.15, 0.2) is 30.3 Å². The molecule has 0 saturated heterocycles. The Kier molecular flexibility index (Phi) is 4.63. The van der Waals surface area contributed by atoms with E-state index in [1.165, 1.54) is 25.3 Å². The Labute approximate surface area is 131 Å². The molecule has 0 saturated carbocycles. The molecule has 1 heterocycles. The van der Waals surface area contributed by atoms with Crippen molar-refractivity contribution in [3.63, 3.8) is 0 Å². The number of carbonyl (C=O) groups is 1. The molecule has 21 heavy (non-hydrogen) atoms. The third-order valence-electron chi connectivity index (χ3n) is 2.60. The highest BCUT2D eigenvalue weighted by Crippen LogP contribution is 2.26. The zero-order chi connectivity index (χ0) is 15.4. The van der Waals surface area contributed by atoms with Gasteiger partial charge >= 0.3 is 0 Å². The lowest BCUT2D eigenvalue weighted by molar-refractivity contribution is 0.102. The van der Waals surface area contributed by atoms with Crippen molar-refractivity contribution in [3.8, 4) is 11.8 Å².